The first kappa shape index (κ1) is 21.6. The predicted molar refractivity (Wildman–Crippen MR) is 135 cm³/mol. The smallest absolute Gasteiger partial charge is 0.341 e. The van der Waals surface area contributed by atoms with Gasteiger partial charge in [-0.2, -0.15) is 0 Å². The monoisotopic (exact) mass is 477 g/mol. The Bertz CT molecular complexity index is 1430. The number of thiophene rings is 2. The molecule has 8 heteroatoms. The molecule has 0 radical (unpaired) electrons. The molecule has 0 fully saturated rings. The number of hydrogen-bond donors (Lipinski definition) is 2. The van der Waals surface area contributed by atoms with Gasteiger partial charge in [0.1, 0.15) is 14.7 Å². The summed E-state index contributed by atoms with van der Waals surface area (Å²) < 4.78 is 5.35. The average molecular weight is 478 g/mol. The Labute approximate surface area is 199 Å². The van der Waals surface area contributed by atoms with Crippen LogP contribution in [0.25, 0.3) is 20.7 Å². The van der Waals surface area contributed by atoms with Gasteiger partial charge in [-0.25, -0.2) is 9.78 Å². The molecule has 0 saturated carbocycles. The molecular formula is C25H23N3O3S2. The van der Waals surface area contributed by atoms with E-state index in [9.17, 15) is 9.59 Å². The molecule has 3 heterocycles. The quantitative estimate of drug-likeness (QED) is 0.365. The van der Waals surface area contributed by atoms with Gasteiger partial charge in [0.15, 0.2) is 0 Å². The highest BCUT2D eigenvalue weighted by molar-refractivity contribution is 7.22. The van der Waals surface area contributed by atoms with Crippen molar-refractivity contribution in [1.29, 1.82) is 0 Å². The van der Waals surface area contributed by atoms with Gasteiger partial charge in [-0.05, 0) is 61.9 Å². The molecule has 3 N–H and O–H groups in total. The van der Waals surface area contributed by atoms with Crippen LogP contribution in [-0.2, 0) is 17.6 Å². The van der Waals surface area contributed by atoms with Crippen LogP contribution in [0.5, 0.6) is 0 Å². The summed E-state index contributed by atoms with van der Waals surface area (Å²) in [7, 11) is 0. The Morgan fingerprint density at radius 2 is 1.97 bits per heavy atom. The highest BCUT2D eigenvalue weighted by Gasteiger charge is 2.30. The van der Waals surface area contributed by atoms with Crippen molar-refractivity contribution in [3.63, 3.8) is 0 Å². The second-order valence-corrected chi connectivity index (χ2v) is 10.1. The number of nitrogens with zero attached hydrogens (tertiary/aromatic N) is 1. The number of nitrogen functional groups attached to an aromatic ring is 1. The predicted octanol–water partition coefficient (Wildman–Crippen LogP) is 5.75. The number of aromatic nitrogens is 1. The number of hydrogen-bond acceptors (Lipinski definition) is 7. The zero-order valence-electron chi connectivity index (χ0n) is 18.6. The van der Waals surface area contributed by atoms with Crippen molar-refractivity contribution in [1.82, 2.24) is 4.98 Å². The van der Waals surface area contributed by atoms with Gasteiger partial charge in [0.25, 0.3) is 5.91 Å². The molecule has 4 aromatic rings. The van der Waals surface area contributed by atoms with Gasteiger partial charge < -0.3 is 15.8 Å². The van der Waals surface area contributed by atoms with Crippen molar-refractivity contribution in [3.05, 3.63) is 63.2 Å². The standard InChI is InChI=1S/C25H23N3O3S2/c1-4-31-25(30)18-16-10-9-14-7-5-6-8-15(14)20(16)32-24(18)28-22(29)21-19(26)17-12(2)11-13(3)27-23(17)33-21/h5-8,11H,4,9-10,26H2,1-3H3,(H,28,29). The zero-order chi connectivity index (χ0) is 23.3. The largest absolute Gasteiger partial charge is 0.462 e. The maximum atomic E-state index is 13.3. The number of carbonyl (C=O) groups is 2. The summed E-state index contributed by atoms with van der Waals surface area (Å²) in [6.07, 6.45) is 1.56. The molecule has 0 unspecified atom stereocenters. The summed E-state index contributed by atoms with van der Waals surface area (Å²) >= 11 is 2.68. The summed E-state index contributed by atoms with van der Waals surface area (Å²) in [4.78, 5) is 32.9. The normalized spacial score (nSPS) is 12.3. The first-order valence-electron chi connectivity index (χ1n) is 10.8. The Kier molecular flexibility index (Phi) is 5.42. The van der Waals surface area contributed by atoms with Crippen molar-refractivity contribution < 1.29 is 14.3 Å². The highest BCUT2D eigenvalue weighted by Crippen LogP contribution is 2.46. The molecule has 3 aromatic heterocycles. The van der Waals surface area contributed by atoms with Gasteiger partial charge in [0, 0.05) is 16.0 Å². The van der Waals surface area contributed by atoms with Gasteiger partial charge in [-0.15, -0.1) is 22.7 Å². The van der Waals surface area contributed by atoms with Crippen molar-refractivity contribution >= 4 is 55.5 Å². The number of rotatable bonds is 4. The summed E-state index contributed by atoms with van der Waals surface area (Å²) in [6.45, 7) is 5.92. The molecule has 6 nitrogen and oxygen atoms in total. The van der Waals surface area contributed by atoms with E-state index in [1.54, 1.807) is 6.92 Å². The van der Waals surface area contributed by atoms with E-state index >= 15 is 0 Å². The van der Waals surface area contributed by atoms with E-state index in [1.165, 1.54) is 28.2 Å². The number of anilines is 2. The third-order valence-corrected chi connectivity index (χ3v) is 8.13. The molecule has 1 amide bonds. The minimum atomic E-state index is -0.415. The fourth-order valence-electron chi connectivity index (χ4n) is 4.45. The maximum absolute atomic E-state index is 13.3. The van der Waals surface area contributed by atoms with E-state index in [-0.39, 0.29) is 12.5 Å². The van der Waals surface area contributed by atoms with Gasteiger partial charge in [-0.3, -0.25) is 4.79 Å². The number of carbonyl (C=O) groups excluding carboxylic acids is 2. The molecule has 5 rings (SSSR count). The van der Waals surface area contributed by atoms with Crippen LogP contribution in [0.4, 0.5) is 10.7 Å². The first-order valence-corrected chi connectivity index (χ1v) is 12.4. The summed E-state index contributed by atoms with van der Waals surface area (Å²) in [5.41, 5.74) is 12.4. The van der Waals surface area contributed by atoms with Crippen LogP contribution < -0.4 is 11.1 Å². The molecule has 0 atom stereocenters. The zero-order valence-corrected chi connectivity index (χ0v) is 20.2. The Morgan fingerprint density at radius 3 is 2.76 bits per heavy atom. The van der Waals surface area contributed by atoms with Crippen molar-refractivity contribution in [2.45, 2.75) is 33.6 Å². The molecule has 0 saturated heterocycles. The lowest BCUT2D eigenvalue weighted by atomic mass is 9.89. The number of benzene rings is 1. The van der Waals surface area contributed by atoms with Crippen LogP contribution in [0.15, 0.2) is 30.3 Å². The lowest BCUT2D eigenvalue weighted by molar-refractivity contribution is 0.0527. The maximum Gasteiger partial charge on any atom is 0.341 e. The molecule has 33 heavy (non-hydrogen) atoms. The number of pyridine rings is 1. The fraction of sp³-hybridized carbons (Fsp3) is 0.240. The molecule has 0 spiro atoms. The minimum Gasteiger partial charge on any atom is -0.462 e. The number of esters is 1. The number of nitrogens with two attached hydrogens (primary N) is 1. The number of fused-ring (bicyclic) bond motifs is 4. The van der Waals surface area contributed by atoms with Crippen molar-refractivity contribution in [2.24, 2.45) is 0 Å². The molecule has 0 aliphatic heterocycles. The molecule has 0 bridgehead atoms. The lowest BCUT2D eigenvalue weighted by Crippen LogP contribution is -2.16. The molecule has 1 aliphatic carbocycles. The third kappa shape index (κ3) is 3.59. The first-order chi connectivity index (χ1) is 15.9. The topological polar surface area (TPSA) is 94.3 Å². The summed E-state index contributed by atoms with van der Waals surface area (Å²) in [6, 6.07) is 10.1. The van der Waals surface area contributed by atoms with E-state index in [2.05, 4.69) is 22.4 Å². The Morgan fingerprint density at radius 1 is 1.18 bits per heavy atom. The number of ether oxygens (including phenoxy) is 1. The van der Waals surface area contributed by atoms with Gasteiger partial charge in [0.2, 0.25) is 0 Å². The van der Waals surface area contributed by atoms with Crippen molar-refractivity contribution in [3.8, 4) is 10.4 Å². The summed E-state index contributed by atoms with van der Waals surface area (Å²) in [5, 5.41) is 4.28. The number of aryl methyl sites for hydroxylation is 3. The summed E-state index contributed by atoms with van der Waals surface area (Å²) in [5.74, 6) is -0.757. The number of amides is 1. The van der Waals surface area contributed by atoms with Crippen LogP contribution in [0, 0.1) is 13.8 Å². The Balaban J connectivity index is 1.59. The SMILES string of the molecule is CCOC(=O)c1c(NC(=O)c2sc3nc(C)cc(C)c3c2N)sc2c1CCc1ccccc1-2. The second kappa shape index (κ2) is 8.28. The van der Waals surface area contributed by atoms with E-state index in [1.807, 2.05) is 32.0 Å². The molecular weight excluding hydrogens is 454 g/mol. The lowest BCUT2D eigenvalue weighted by Gasteiger charge is -2.16. The van der Waals surface area contributed by atoms with Crippen LogP contribution in [0.1, 0.15) is 49.3 Å². The van der Waals surface area contributed by atoms with E-state index in [0.29, 0.717) is 21.1 Å². The molecule has 168 valence electrons. The minimum absolute atomic E-state index is 0.265. The molecule has 1 aliphatic rings. The van der Waals surface area contributed by atoms with E-state index in [0.717, 1.165) is 50.3 Å². The highest BCUT2D eigenvalue weighted by atomic mass is 32.1. The molecule has 1 aromatic carbocycles. The second-order valence-electron chi connectivity index (χ2n) is 8.05. The van der Waals surface area contributed by atoms with Crippen LogP contribution >= 0.6 is 22.7 Å². The Hall–Kier alpha value is -3.23. The van der Waals surface area contributed by atoms with Gasteiger partial charge in [-0.1, -0.05) is 24.3 Å². The fourth-order valence-corrected chi connectivity index (χ4v) is 6.85. The van der Waals surface area contributed by atoms with E-state index in [4.69, 9.17) is 10.5 Å². The van der Waals surface area contributed by atoms with Crippen LogP contribution in [-0.4, -0.2) is 23.5 Å². The van der Waals surface area contributed by atoms with Crippen LogP contribution in [0.3, 0.4) is 0 Å². The van der Waals surface area contributed by atoms with Crippen molar-refractivity contribution in [2.75, 3.05) is 17.7 Å². The average Bonchev–Trinajstić information content (AvgIpc) is 3.31. The van der Waals surface area contributed by atoms with E-state index < -0.39 is 5.97 Å². The van der Waals surface area contributed by atoms with Gasteiger partial charge in [0.05, 0.1) is 17.9 Å². The third-order valence-electron chi connectivity index (χ3n) is 5.85. The van der Waals surface area contributed by atoms with Crippen LogP contribution in [0.2, 0.25) is 0 Å². The number of nitrogens with one attached hydrogen (secondary N) is 1. The van der Waals surface area contributed by atoms with Gasteiger partial charge >= 0.3 is 5.97 Å².